The summed E-state index contributed by atoms with van der Waals surface area (Å²) in [4.78, 5) is 38.5. The van der Waals surface area contributed by atoms with E-state index >= 15 is 0 Å². The lowest BCUT2D eigenvalue weighted by Gasteiger charge is -2.37. The van der Waals surface area contributed by atoms with E-state index in [1.807, 2.05) is 19.1 Å². The van der Waals surface area contributed by atoms with Crippen LogP contribution in [-0.2, 0) is 4.79 Å². The number of fused-ring (bicyclic) bond motifs is 1. The fraction of sp³-hybridized carbons (Fsp3) is 0.379. The number of amides is 1. The molecule has 0 aliphatic carbocycles. The van der Waals surface area contributed by atoms with Crippen molar-refractivity contribution < 1.29 is 9.18 Å². The van der Waals surface area contributed by atoms with Crippen LogP contribution in [0.25, 0.3) is 11.7 Å². The zero-order chi connectivity index (χ0) is 27.5. The van der Waals surface area contributed by atoms with E-state index in [1.165, 1.54) is 23.9 Å². The molecule has 2 saturated heterocycles. The molecular formula is C29H32FN5O2S2. The summed E-state index contributed by atoms with van der Waals surface area (Å²) in [6.45, 7) is 7.33. The van der Waals surface area contributed by atoms with Gasteiger partial charge in [-0.05, 0) is 55.3 Å². The van der Waals surface area contributed by atoms with Crippen molar-refractivity contribution in [3.63, 3.8) is 0 Å². The van der Waals surface area contributed by atoms with Gasteiger partial charge < -0.3 is 9.80 Å². The highest BCUT2D eigenvalue weighted by Crippen LogP contribution is 2.34. The van der Waals surface area contributed by atoms with Crippen molar-refractivity contribution in [3.8, 4) is 0 Å². The van der Waals surface area contributed by atoms with Crippen LogP contribution in [0, 0.1) is 12.7 Å². The van der Waals surface area contributed by atoms with Crippen LogP contribution in [0.1, 0.15) is 43.7 Å². The van der Waals surface area contributed by atoms with E-state index in [4.69, 9.17) is 17.2 Å². The highest BCUT2D eigenvalue weighted by atomic mass is 32.2. The molecule has 0 bridgehead atoms. The van der Waals surface area contributed by atoms with Crippen LogP contribution >= 0.6 is 24.0 Å². The minimum atomic E-state index is -0.260. The van der Waals surface area contributed by atoms with Crippen molar-refractivity contribution in [1.29, 1.82) is 0 Å². The van der Waals surface area contributed by atoms with Crippen LogP contribution in [-0.4, -0.2) is 57.2 Å². The molecule has 10 heteroatoms. The average Bonchev–Trinajstić information content (AvgIpc) is 3.20. The zero-order valence-corrected chi connectivity index (χ0v) is 23.9. The van der Waals surface area contributed by atoms with E-state index in [0.717, 1.165) is 36.9 Å². The number of unbranched alkanes of at least 4 members (excludes halogenated alkanes) is 3. The topological polar surface area (TPSA) is 61.2 Å². The van der Waals surface area contributed by atoms with Crippen molar-refractivity contribution in [2.24, 2.45) is 0 Å². The molecule has 7 nitrogen and oxygen atoms in total. The van der Waals surface area contributed by atoms with Gasteiger partial charge in [0.05, 0.1) is 10.5 Å². The molecule has 0 spiro atoms. The van der Waals surface area contributed by atoms with E-state index in [-0.39, 0.29) is 17.3 Å². The summed E-state index contributed by atoms with van der Waals surface area (Å²) in [6.07, 6.45) is 7.59. The summed E-state index contributed by atoms with van der Waals surface area (Å²) in [7, 11) is 0. The number of anilines is 2. The van der Waals surface area contributed by atoms with Crippen molar-refractivity contribution in [3.05, 3.63) is 74.8 Å². The third-order valence-electron chi connectivity index (χ3n) is 7.22. The Morgan fingerprint density at radius 2 is 1.74 bits per heavy atom. The van der Waals surface area contributed by atoms with Gasteiger partial charge in [0.1, 0.15) is 21.6 Å². The number of carbonyl (C=O) groups excluding carboxylic acids is 1. The van der Waals surface area contributed by atoms with Gasteiger partial charge in [0.2, 0.25) is 0 Å². The molecule has 2 fully saturated rings. The van der Waals surface area contributed by atoms with Gasteiger partial charge in [-0.1, -0.05) is 56.2 Å². The van der Waals surface area contributed by atoms with Crippen molar-refractivity contribution in [2.75, 3.05) is 42.5 Å². The van der Waals surface area contributed by atoms with Crippen LogP contribution in [0.2, 0.25) is 0 Å². The zero-order valence-electron chi connectivity index (χ0n) is 22.2. The molecule has 2 aliphatic heterocycles. The summed E-state index contributed by atoms with van der Waals surface area (Å²) in [5.41, 5.74) is 2.62. The maximum Gasteiger partial charge on any atom is 0.267 e. The average molecular weight is 566 g/mol. The molecule has 0 N–H and O–H groups in total. The first-order chi connectivity index (χ1) is 18.9. The largest absolute Gasteiger partial charge is 0.368 e. The SMILES string of the molecule is CCCCCCN1C(=O)/C(=C\c2c(N3CCN(c4ccc(F)cc4)CC3)nc3c(C)cccn3c2=O)SC1=S. The highest BCUT2D eigenvalue weighted by molar-refractivity contribution is 8.26. The van der Waals surface area contributed by atoms with Gasteiger partial charge in [-0.15, -0.1) is 0 Å². The molecule has 3 aromatic rings. The Bertz CT molecular complexity index is 1480. The first-order valence-corrected chi connectivity index (χ1v) is 14.6. The summed E-state index contributed by atoms with van der Waals surface area (Å²) in [5, 5.41) is 0. The van der Waals surface area contributed by atoms with E-state index in [2.05, 4.69) is 16.7 Å². The Balaban J connectivity index is 1.47. The summed E-state index contributed by atoms with van der Waals surface area (Å²) in [6, 6.07) is 10.3. The Kier molecular flexibility index (Phi) is 8.32. The van der Waals surface area contributed by atoms with Gasteiger partial charge in [0, 0.05) is 44.6 Å². The molecule has 5 rings (SSSR count). The highest BCUT2D eigenvalue weighted by Gasteiger charge is 2.33. The molecule has 1 aromatic carbocycles. The molecule has 4 heterocycles. The number of benzene rings is 1. The van der Waals surface area contributed by atoms with E-state index in [1.54, 1.807) is 33.7 Å². The minimum Gasteiger partial charge on any atom is -0.368 e. The van der Waals surface area contributed by atoms with Crippen LogP contribution in [0.15, 0.2) is 52.3 Å². The standard InChI is InChI=1S/C29H32FN5O2S2/c1-3-4-5-6-13-35-28(37)24(39-29(35)38)19-23-26(31-25-20(2)8-7-14-34(25)27(23)36)33-17-15-32(16-18-33)22-11-9-21(30)10-12-22/h7-12,14,19H,3-6,13,15-18H2,1-2H3/b24-19+. The van der Waals surface area contributed by atoms with Gasteiger partial charge in [0.15, 0.2) is 0 Å². The second kappa shape index (κ2) is 11.9. The van der Waals surface area contributed by atoms with Gasteiger partial charge in [-0.25, -0.2) is 9.37 Å². The monoisotopic (exact) mass is 565 g/mol. The normalized spacial score (nSPS) is 17.2. The number of hydrogen-bond donors (Lipinski definition) is 0. The van der Waals surface area contributed by atoms with E-state index in [0.29, 0.717) is 59.0 Å². The molecule has 39 heavy (non-hydrogen) atoms. The predicted molar refractivity (Wildman–Crippen MR) is 161 cm³/mol. The summed E-state index contributed by atoms with van der Waals surface area (Å²) in [5.74, 6) is 0.160. The number of aryl methyl sites for hydroxylation is 1. The number of hydrogen-bond acceptors (Lipinski definition) is 7. The minimum absolute atomic E-state index is 0.151. The number of thiocarbonyl (C=S) groups is 1. The number of nitrogens with zero attached hydrogens (tertiary/aromatic N) is 5. The molecule has 2 aliphatic rings. The van der Waals surface area contributed by atoms with Crippen LogP contribution in [0.5, 0.6) is 0 Å². The van der Waals surface area contributed by atoms with Crippen molar-refractivity contribution in [2.45, 2.75) is 39.5 Å². The second-order valence-electron chi connectivity index (χ2n) is 9.88. The molecule has 0 saturated carbocycles. The Labute approximate surface area is 237 Å². The maximum absolute atomic E-state index is 13.8. The van der Waals surface area contributed by atoms with Crippen LogP contribution < -0.4 is 15.4 Å². The fourth-order valence-electron chi connectivity index (χ4n) is 5.02. The van der Waals surface area contributed by atoms with Crippen molar-refractivity contribution in [1.82, 2.24) is 14.3 Å². The summed E-state index contributed by atoms with van der Waals surface area (Å²) < 4.78 is 15.5. The quantitative estimate of drug-likeness (QED) is 0.210. The maximum atomic E-state index is 13.8. The number of thioether (sulfide) groups is 1. The molecule has 2 aromatic heterocycles. The molecule has 0 unspecified atom stereocenters. The smallest absolute Gasteiger partial charge is 0.267 e. The van der Waals surface area contributed by atoms with Gasteiger partial charge in [-0.2, -0.15) is 0 Å². The molecule has 1 amide bonds. The van der Waals surface area contributed by atoms with Crippen LogP contribution in [0.3, 0.4) is 0 Å². The number of pyridine rings is 1. The number of aromatic nitrogens is 2. The molecule has 0 radical (unpaired) electrons. The number of carbonyl (C=O) groups is 1. The summed E-state index contributed by atoms with van der Waals surface area (Å²) >= 11 is 6.78. The first-order valence-electron chi connectivity index (χ1n) is 13.4. The lowest BCUT2D eigenvalue weighted by atomic mass is 10.2. The molecule has 0 atom stereocenters. The predicted octanol–water partition coefficient (Wildman–Crippen LogP) is 5.25. The molecule has 204 valence electrons. The fourth-order valence-corrected chi connectivity index (χ4v) is 6.31. The number of piperazine rings is 1. The Morgan fingerprint density at radius 3 is 2.46 bits per heavy atom. The lowest BCUT2D eigenvalue weighted by Crippen LogP contribution is -2.47. The van der Waals surface area contributed by atoms with Gasteiger partial charge in [0.25, 0.3) is 11.5 Å². The number of rotatable bonds is 8. The Morgan fingerprint density at radius 1 is 1.03 bits per heavy atom. The van der Waals surface area contributed by atoms with E-state index < -0.39 is 0 Å². The second-order valence-corrected chi connectivity index (χ2v) is 11.6. The number of halogens is 1. The van der Waals surface area contributed by atoms with Gasteiger partial charge >= 0.3 is 0 Å². The third-order valence-corrected chi connectivity index (χ3v) is 8.60. The van der Waals surface area contributed by atoms with Gasteiger partial charge in [-0.3, -0.25) is 18.9 Å². The molecular weight excluding hydrogens is 533 g/mol. The Hall–Kier alpha value is -3.24. The van der Waals surface area contributed by atoms with E-state index in [9.17, 15) is 14.0 Å². The van der Waals surface area contributed by atoms with Crippen molar-refractivity contribution >= 4 is 57.4 Å². The van der Waals surface area contributed by atoms with Crippen LogP contribution in [0.4, 0.5) is 15.9 Å². The first kappa shape index (κ1) is 27.3. The third kappa shape index (κ3) is 5.72. The lowest BCUT2D eigenvalue weighted by molar-refractivity contribution is -0.122.